The summed E-state index contributed by atoms with van der Waals surface area (Å²) in [5, 5.41) is 0. The van der Waals surface area contributed by atoms with Gasteiger partial charge in [-0.3, -0.25) is 0 Å². The molecule has 0 aromatic carbocycles. The summed E-state index contributed by atoms with van der Waals surface area (Å²) in [6.45, 7) is 10.4. The molecular formula is C9H21NO. The standard InChI is InChI=1S/C7H15NO.C2H6/c1-6-4-8(3)5-7(2)9-6;1-2/h6-7H,4-5H2,1-3H3;1-2H3/t6-,7?;/m0./s1. The van der Waals surface area contributed by atoms with Gasteiger partial charge >= 0.3 is 0 Å². The van der Waals surface area contributed by atoms with Crippen LogP contribution >= 0.6 is 0 Å². The zero-order valence-corrected chi connectivity index (χ0v) is 8.42. The maximum absolute atomic E-state index is 5.51. The van der Waals surface area contributed by atoms with Crippen LogP contribution in [-0.4, -0.2) is 37.2 Å². The maximum atomic E-state index is 5.51. The van der Waals surface area contributed by atoms with Crippen molar-refractivity contribution in [2.45, 2.75) is 39.9 Å². The van der Waals surface area contributed by atoms with Crippen LogP contribution in [0.15, 0.2) is 0 Å². The molecule has 1 unspecified atom stereocenters. The van der Waals surface area contributed by atoms with Gasteiger partial charge in [-0.2, -0.15) is 0 Å². The predicted octanol–water partition coefficient (Wildman–Crippen LogP) is 1.75. The fraction of sp³-hybridized carbons (Fsp3) is 1.00. The molecule has 1 aliphatic rings. The number of likely N-dealkylation sites (N-methyl/N-ethyl adjacent to an activating group) is 1. The van der Waals surface area contributed by atoms with Gasteiger partial charge in [0.1, 0.15) is 0 Å². The number of ether oxygens (including phenoxy) is 1. The normalized spacial score (nSPS) is 32.5. The minimum Gasteiger partial charge on any atom is -0.373 e. The van der Waals surface area contributed by atoms with Gasteiger partial charge in [0.2, 0.25) is 0 Å². The zero-order valence-electron chi connectivity index (χ0n) is 8.42. The van der Waals surface area contributed by atoms with Crippen LogP contribution in [0, 0.1) is 0 Å². The van der Waals surface area contributed by atoms with Crippen molar-refractivity contribution in [1.29, 1.82) is 0 Å². The number of nitrogens with zero attached hydrogens (tertiary/aromatic N) is 1. The Morgan fingerprint density at radius 3 is 1.73 bits per heavy atom. The first kappa shape index (κ1) is 10.9. The van der Waals surface area contributed by atoms with Gasteiger partial charge in [0.25, 0.3) is 0 Å². The first-order valence-corrected chi connectivity index (χ1v) is 4.52. The quantitative estimate of drug-likeness (QED) is 0.534. The molecule has 2 atom stereocenters. The van der Waals surface area contributed by atoms with Crippen molar-refractivity contribution in [1.82, 2.24) is 4.90 Å². The zero-order chi connectivity index (χ0) is 8.85. The molecule has 0 spiro atoms. The number of morpholine rings is 1. The van der Waals surface area contributed by atoms with Gasteiger partial charge in [0, 0.05) is 13.1 Å². The fourth-order valence-electron chi connectivity index (χ4n) is 1.44. The van der Waals surface area contributed by atoms with Gasteiger partial charge < -0.3 is 9.64 Å². The fourth-order valence-corrected chi connectivity index (χ4v) is 1.44. The highest BCUT2D eigenvalue weighted by Crippen LogP contribution is 2.07. The van der Waals surface area contributed by atoms with Crippen LogP contribution in [0.3, 0.4) is 0 Å². The van der Waals surface area contributed by atoms with Crippen molar-refractivity contribution >= 4 is 0 Å². The van der Waals surface area contributed by atoms with E-state index in [1.807, 2.05) is 13.8 Å². The molecule has 68 valence electrons. The lowest BCUT2D eigenvalue weighted by atomic mass is 10.2. The minimum atomic E-state index is 0.416. The summed E-state index contributed by atoms with van der Waals surface area (Å²) in [6, 6.07) is 0. The molecule has 1 saturated heterocycles. The summed E-state index contributed by atoms with van der Waals surface area (Å²) in [5.74, 6) is 0. The van der Waals surface area contributed by atoms with Crippen LogP contribution in [0.25, 0.3) is 0 Å². The Labute approximate surface area is 70.5 Å². The third kappa shape index (κ3) is 4.38. The van der Waals surface area contributed by atoms with Gasteiger partial charge in [-0.05, 0) is 20.9 Å². The summed E-state index contributed by atoms with van der Waals surface area (Å²) >= 11 is 0. The average Bonchev–Trinajstić information content (AvgIpc) is 1.88. The Morgan fingerprint density at radius 2 is 1.45 bits per heavy atom. The molecule has 0 bridgehead atoms. The summed E-state index contributed by atoms with van der Waals surface area (Å²) in [5.41, 5.74) is 0. The van der Waals surface area contributed by atoms with Crippen molar-refractivity contribution < 1.29 is 4.74 Å². The van der Waals surface area contributed by atoms with E-state index in [0.717, 1.165) is 13.1 Å². The Morgan fingerprint density at radius 1 is 1.09 bits per heavy atom. The molecule has 0 saturated carbocycles. The third-order valence-electron chi connectivity index (χ3n) is 1.60. The Bertz CT molecular complexity index is 70.5. The highest BCUT2D eigenvalue weighted by molar-refractivity contribution is 4.69. The molecule has 1 heterocycles. The molecule has 0 aromatic rings. The molecule has 0 aliphatic carbocycles. The molecule has 2 heteroatoms. The molecule has 0 radical (unpaired) electrons. The van der Waals surface area contributed by atoms with Crippen LogP contribution in [0.2, 0.25) is 0 Å². The largest absolute Gasteiger partial charge is 0.373 e. The van der Waals surface area contributed by atoms with E-state index >= 15 is 0 Å². The summed E-state index contributed by atoms with van der Waals surface area (Å²) in [7, 11) is 2.13. The second-order valence-corrected chi connectivity index (χ2v) is 2.98. The maximum Gasteiger partial charge on any atom is 0.0678 e. The van der Waals surface area contributed by atoms with Crippen molar-refractivity contribution in [3.8, 4) is 0 Å². The number of hydrogen-bond donors (Lipinski definition) is 0. The van der Waals surface area contributed by atoms with Crippen LogP contribution in [-0.2, 0) is 4.74 Å². The Kier molecular flexibility index (Phi) is 5.51. The first-order chi connectivity index (χ1) is 5.18. The molecule has 1 aliphatic heterocycles. The third-order valence-corrected chi connectivity index (χ3v) is 1.60. The monoisotopic (exact) mass is 159 g/mol. The van der Waals surface area contributed by atoms with Crippen molar-refractivity contribution in [3.05, 3.63) is 0 Å². The molecule has 2 nitrogen and oxygen atoms in total. The topological polar surface area (TPSA) is 12.5 Å². The van der Waals surface area contributed by atoms with Crippen LogP contribution in [0.4, 0.5) is 0 Å². The van der Waals surface area contributed by atoms with Gasteiger partial charge in [0.05, 0.1) is 12.2 Å². The van der Waals surface area contributed by atoms with E-state index in [2.05, 4.69) is 25.8 Å². The van der Waals surface area contributed by atoms with E-state index in [0.29, 0.717) is 12.2 Å². The van der Waals surface area contributed by atoms with Gasteiger partial charge in [-0.25, -0.2) is 0 Å². The smallest absolute Gasteiger partial charge is 0.0678 e. The first-order valence-electron chi connectivity index (χ1n) is 4.52. The van der Waals surface area contributed by atoms with E-state index in [9.17, 15) is 0 Å². The van der Waals surface area contributed by atoms with Gasteiger partial charge in [-0.1, -0.05) is 13.8 Å². The molecule has 1 rings (SSSR count). The van der Waals surface area contributed by atoms with Crippen LogP contribution < -0.4 is 0 Å². The summed E-state index contributed by atoms with van der Waals surface area (Å²) < 4.78 is 5.51. The van der Waals surface area contributed by atoms with Crippen molar-refractivity contribution in [2.75, 3.05) is 20.1 Å². The highest BCUT2D eigenvalue weighted by atomic mass is 16.5. The van der Waals surface area contributed by atoms with E-state index in [1.165, 1.54) is 0 Å². The van der Waals surface area contributed by atoms with Gasteiger partial charge in [0.15, 0.2) is 0 Å². The molecule has 11 heavy (non-hydrogen) atoms. The minimum absolute atomic E-state index is 0.416. The number of hydrogen-bond acceptors (Lipinski definition) is 2. The van der Waals surface area contributed by atoms with Crippen LogP contribution in [0.5, 0.6) is 0 Å². The lowest BCUT2D eigenvalue weighted by molar-refractivity contribution is -0.0602. The second-order valence-electron chi connectivity index (χ2n) is 2.98. The van der Waals surface area contributed by atoms with E-state index in [1.54, 1.807) is 0 Å². The lowest BCUT2D eigenvalue weighted by Crippen LogP contribution is -2.42. The SMILES string of the molecule is CC.CC1CN(C)C[C@H](C)O1. The van der Waals surface area contributed by atoms with E-state index < -0.39 is 0 Å². The second kappa shape index (κ2) is 5.56. The molecule has 0 amide bonds. The lowest BCUT2D eigenvalue weighted by Gasteiger charge is -2.32. The Balaban J connectivity index is 0.000000461. The molecule has 0 aromatic heterocycles. The summed E-state index contributed by atoms with van der Waals surface area (Å²) in [4.78, 5) is 2.30. The molecular weight excluding hydrogens is 138 g/mol. The average molecular weight is 159 g/mol. The summed E-state index contributed by atoms with van der Waals surface area (Å²) in [6.07, 6.45) is 0.831. The van der Waals surface area contributed by atoms with Crippen molar-refractivity contribution in [3.63, 3.8) is 0 Å². The Hall–Kier alpha value is -0.0800. The van der Waals surface area contributed by atoms with E-state index in [4.69, 9.17) is 4.74 Å². The van der Waals surface area contributed by atoms with Crippen molar-refractivity contribution in [2.24, 2.45) is 0 Å². The molecule has 1 fully saturated rings. The highest BCUT2D eigenvalue weighted by Gasteiger charge is 2.18. The number of rotatable bonds is 0. The molecule has 0 N–H and O–H groups in total. The van der Waals surface area contributed by atoms with Crippen LogP contribution in [0.1, 0.15) is 27.7 Å². The van der Waals surface area contributed by atoms with E-state index in [-0.39, 0.29) is 0 Å². The van der Waals surface area contributed by atoms with Gasteiger partial charge in [-0.15, -0.1) is 0 Å². The predicted molar refractivity (Wildman–Crippen MR) is 48.9 cm³/mol.